The fraction of sp³-hybridized carbons (Fsp3) is 0.556. The molecule has 0 aliphatic carbocycles. The summed E-state index contributed by atoms with van der Waals surface area (Å²) in [7, 11) is 0. The maximum atomic E-state index is 10.9. The number of hydrogen-bond acceptors (Lipinski definition) is 6. The molecular formula is C9H12O6. The highest BCUT2D eigenvalue weighted by molar-refractivity contribution is 5.81. The van der Waals surface area contributed by atoms with Gasteiger partial charge in [0.1, 0.15) is 6.61 Å². The van der Waals surface area contributed by atoms with Crippen LogP contribution in [0.2, 0.25) is 0 Å². The first-order valence-corrected chi connectivity index (χ1v) is 4.43. The predicted molar refractivity (Wildman–Crippen MR) is 47.6 cm³/mol. The molecule has 6 nitrogen and oxygen atoms in total. The number of aliphatic hydroxyl groups excluding tert-OH is 1. The van der Waals surface area contributed by atoms with E-state index < -0.39 is 24.3 Å². The summed E-state index contributed by atoms with van der Waals surface area (Å²) in [5.41, 5.74) is 0. The standard InChI is InChI=1S/C9H12O6/c1-2-7(10)14-5-8(11)15-6-3-4-13-9(6)12/h2,6,8,11H,1,3-5H2. The number of rotatable bonds is 5. The van der Waals surface area contributed by atoms with Crippen LogP contribution in [0.4, 0.5) is 0 Å². The van der Waals surface area contributed by atoms with Crippen molar-refractivity contribution in [3.63, 3.8) is 0 Å². The average Bonchev–Trinajstić information content (AvgIpc) is 2.61. The van der Waals surface area contributed by atoms with Gasteiger partial charge in [-0.05, 0) is 0 Å². The lowest BCUT2D eigenvalue weighted by molar-refractivity contribution is -0.182. The van der Waals surface area contributed by atoms with Crippen molar-refractivity contribution in [3.8, 4) is 0 Å². The first-order valence-electron chi connectivity index (χ1n) is 4.43. The third kappa shape index (κ3) is 3.69. The van der Waals surface area contributed by atoms with E-state index in [9.17, 15) is 14.7 Å². The summed E-state index contributed by atoms with van der Waals surface area (Å²) in [5, 5.41) is 9.23. The SMILES string of the molecule is C=CC(=O)OCC(O)OC1CCOC1=O. The summed E-state index contributed by atoms with van der Waals surface area (Å²) < 4.78 is 14.0. The third-order valence-electron chi connectivity index (χ3n) is 1.74. The molecule has 84 valence electrons. The maximum absolute atomic E-state index is 10.9. The molecular weight excluding hydrogens is 204 g/mol. The van der Waals surface area contributed by atoms with Crippen molar-refractivity contribution in [2.24, 2.45) is 0 Å². The first-order chi connectivity index (χ1) is 7.13. The second-order valence-corrected chi connectivity index (χ2v) is 2.87. The zero-order valence-corrected chi connectivity index (χ0v) is 8.05. The van der Waals surface area contributed by atoms with Crippen LogP contribution >= 0.6 is 0 Å². The monoisotopic (exact) mass is 216 g/mol. The largest absolute Gasteiger partial charge is 0.464 e. The van der Waals surface area contributed by atoms with Crippen LogP contribution in [0.3, 0.4) is 0 Å². The smallest absolute Gasteiger partial charge is 0.335 e. The van der Waals surface area contributed by atoms with Crippen molar-refractivity contribution in [1.82, 2.24) is 0 Å². The normalized spacial score (nSPS) is 21.9. The molecule has 6 heteroatoms. The molecule has 1 rings (SSSR count). The molecule has 0 saturated carbocycles. The zero-order chi connectivity index (χ0) is 11.3. The lowest BCUT2D eigenvalue weighted by Crippen LogP contribution is -2.29. The van der Waals surface area contributed by atoms with Gasteiger partial charge < -0.3 is 19.3 Å². The van der Waals surface area contributed by atoms with E-state index in [0.717, 1.165) is 6.08 Å². The van der Waals surface area contributed by atoms with Gasteiger partial charge in [0.05, 0.1) is 6.61 Å². The second-order valence-electron chi connectivity index (χ2n) is 2.87. The zero-order valence-electron chi connectivity index (χ0n) is 8.05. The number of hydrogen-bond donors (Lipinski definition) is 1. The minimum atomic E-state index is -1.33. The molecule has 1 N–H and O–H groups in total. The van der Waals surface area contributed by atoms with Crippen LogP contribution < -0.4 is 0 Å². The van der Waals surface area contributed by atoms with Crippen LogP contribution in [0.5, 0.6) is 0 Å². The lowest BCUT2D eigenvalue weighted by atomic mass is 10.3. The van der Waals surface area contributed by atoms with Gasteiger partial charge in [-0.3, -0.25) is 0 Å². The molecule has 1 aliphatic rings. The fourth-order valence-electron chi connectivity index (χ4n) is 1.04. The van der Waals surface area contributed by atoms with E-state index in [1.807, 2.05) is 0 Å². The Kier molecular flexibility index (Phi) is 4.26. The average molecular weight is 216 g/mol. The fourth-order valence-corrected chi connectivity index (χ4v) is 1.04. The molecule has 0 aromatic heterocycles. The van der Waals surface area contributed by atoms with Crippen molar-refractivity contribution in [2.75, 3.05) is 13.2 Å². The van der Waals surface area contributed by atoms with Crippen molar-refractivity contribution in [1.29, 1.82) is 0 Å². The van der Waals surface area contributed by atoms with Crippen molar-refractivity contribution >= 4 is 11.9 Å². The topological polar surface area (TPSA) is 82.1 Å². The van der Waals surface area contributed by atoms with E-state index in [4.69, 9.17) is 4.74 Å². The predicted octanol–water partition coefficient (Wildman–Crippen LogP) is -0.634. The van der Waals surface area contributed by atoms with E-state index in [0.29, 0.717) is 6.42 Å². The van der Waals surface area contributed by atoms with Crippen LogP contribution in [0.1, 0.15) is 6.42 Å². The van der Waals surface area contributed by atoms with Gasteiger partial charge >= 0.3 is 11.9 Å². The highest BCUT2D eigenvalue weighted by Crippen LogP contribution is 2.11. The summed E-state index contributed by atoms with van der Waals surface area (Å²) >= 11 is 0. The summed E-state index contributed by atoms with van der Waals surface area (Å²) in [6.45, 7) is 3.12. The Balaban J connectivity index is 2.23. The highest BCUT2D eigenvalue weighted by Gasteiger charge is 2.29. The number of carbonyl (C=O) groups excluding carboxylic acids is 2. The molecule has 1 heterocycles. The quantitative estimate of drug-likeness (QED) is 0.374. The Labute approximate surface area is 86.4 Å². The number of esters is 2. The Hall–Kier alpha value is -1.40. The molecule has 0 bridgehead atoms. The van der Waals surface area contributed by atoms with E-state index in [2.05, 4.69) is 16.1 Å². The van der Waals surface area contributed by atoms with Gasteiger partial charge in [0.15, 0.2) is 12.4 Å². The van der Waals surface area contributed by atoms with Crippen LogP contribution in [0, 0.1) is 0 Å². The molecule has 1 fully saturated rings. The maximum Gasteiger partial charge on any atom is 0.335 e. The van der Waals surface area contributed by atoms with Gasteiger partial charge in [-0.2, -0.15) is 0 Å². The summed E-state index contributed by atoms with van der Waals surface area (Å²) in [6, 6.07) is 0. The van der Waals surface area contributed by atoms with Crippen LogP contribution in [-0.2, 0) is 23.8 Å². The number of carbonyl (C=O) groups is 2. The molecule has 1 aliphatic heterocycles. The number of aliphatic hydroxyl groups is 1. The molecule has 15 heavy (non-hydrogen) atoms. The lowest BCUT2D eigenvalue weighted by Gasteiger charge is -2.14. The third-order valence-corrected chi connectivity index (χ3v) is 1.74. The van der Waals surface area contributed by atoms with Crippen molar-refractivity contribution in [2.45, 2.75) is 18.8 Å². The number of cyclic esters (lactones) is 1. The molecule has 0 aromatic rings. The Morgan fingerprint density at radius 3 is 3.07 bits per heavy atom. The molecule has 0 spiro atoms. The van der Waals surface area contributed by atoms with Gasteiger partial charge in [0.25, 0.3) is 0 Å². The summed E-state index contributed by atoms with van der Waals surface area (Å²) in [5.74, 6) is -1.17. The van der Waals surface area contributed by atoms with Gasteiger partial charge in [0.2, 0.25) is 0 Å². The Bertz CT molecular complexity index is 261. The summed E-state index contributed by atoms with van der Waals surface area (Å²) in [6.07, 6.45) is -0.742. The molecule has 0 aromatic carbocycles. The molecule has 2 atom stereocenters. The van der Waals surface area contributed by atoms with Crippen LogP contribution in [0.15, 0.2) is 12.7 Å². The van der Waals surface area contributed by atoms with Crippen molar-refractivity contribution < 1.29 is 28.9 Å². The van der Waals surface area contributed by atoms with E-state index in [1.54, 1.807) is 0 Å². The van der Waals surface area contributed by atoms with Gasteiger partial charge in [0, 0.05) is 12.5 Å². The molecule has 0 amide bonds. The minimum Gasteiger partial charge on any atom is -0.464 e. The molecule has 2 unspecified atom stereocenters. The summed E-state index contributed by atoms with van der Waals surface area (Å²) in [4.78, 5) is 21.5. The molecule has 1 saturated heterocycles. The number of ether oxygens (including phenoxy) is 3. The van der Waals surface area contributed by atoms with Gasteiger partial charge in [-0.25, -0.2) is 9.59 Å². The van der Waals surface area contributed by atoms with Gasteiger partial charge in [-0.15, -0.1) is 0 Å². The highest BCUT2D eigenvalue weighted by atomic mass is 16.7. The first kappa shape index (κ1) is 11.7. The second kappa shape index (κ2) is 5.47. The van der Waals surface area contributed by atoms with Crippen molar-refractivity contribution in [3.05, 3.63) is 12.7 Å². The van der Waals surface area contributed by atoms with E-state index in [-0.39, 0.29) is 13.2 Å². The minimum absolute atomic E-state index is 0.280. The Morgan fingerprint density at radius 1 is 1.80 bits per heavy atom. The van der Waals surface area contributed by atoms with E-state index >= 15 is 0 Å². The Morgan fingerprint density at radius 2 is 2.53 bits per heavy atom. The van der Waals surface area contributed by atoms with Gasteiger partial charge in [-0.1, -0.05) is 6.58 Å². The van der Waals surface area contributed by atoms with Crippen LogP contribution in [0.25, 0.3) is 0 Å². The molecule has 0 radical (unpaired) electrons. The van der Waals surface area contributed by atoms with Crippen LogP contribution in [-0.4, -0.2) is 42.7 Å². The van der Waals surface area contributed by atoms with E-state index in [1.165, 1.54) is 0 Å².